The van der Waals surface area contributed by atoms with E-state index in [4.69, 9.17) is 16.3 Å². The quantitative estimate of drug-likeness (QED) is 0.744. The molecule has 0 unspecified atom stereocenters. The number of aromatic nitrogens is 1. The number of carbonyl (C=O) groups is 1. The highest BCUT2D eigenvalue weighted by molar-refractivity contribution is 7.18. The van der Waals surface area contributed by atoms with Crippen molar-refractivity contribution in [3.8, 4) is 17.0 Å². The fraction of sp³-hybridized carbons (Fsp3) is 0.0588. The molecule has 6 heteroatoms. The first-order valence-electron chi connectivity index (χ1n) is 6.85. The van der Waals surface area contributed by atoms with Crippen LogP contribution in [-0.2, 0) is 0 Å². The van der Waals surface area contributed by atoms with Crippen molar-refractivity contribution in [3.63, 3.8) is 0 Å². The summed E-state index contributed by atoms with van der Waals surface area (Å²) in [6, 6.07) is 16.7. The lowest BCUT2D eigenvalue weighted by Gasteiger charge is -2.09. The van der Waals surface area contributed by atoms with Crippen molar-refractivity contribution in [3.05, 3.63) is 63.9 Å². The van der Waals surface area contributed by atoms with Gasteiger partial charge in [0.1, 0.15) is 10.6 Å². The molecule has 0 aliphatic carbocycles. The van der Waals surface area contributed by atoms with Crippen LogP contribution in [0.4, 0.5) is 5.69 Å². The molecule has 1 amide bonds. The van der Waals surface area contributed by atoms with Gasteiger partial charge in [-0.15, -0.1) is 0 Å². The number of amides is 1. The predicted molar refractivity (Wildman–Crippen MR) is 93.5 cm³/mol. The smallest absolute Gasteiger partial charge is 0.268 e. The first kappa shape index (κ1) is 15.5. The Bertz CT molecular complexity index is 834. The second kappa shape index (κ2) is 6.81. The number of anilines is 1. The SMILES string of the molecule is COc1ccccc1NC(=O)c1sc(Cl)nc1-c1ccccc1. The van der Waals surface area contributed by atoms with E-state index in [2.05, 4.69) is 10.3 Å². The highest BCUT2D eigenvalue weighted by Gasteiger charge is 2.19. The zero-order valence-corrected chi connectivity index (χ0v) is 13.8. The lowest BCUT2D eigenvalue weighted by molar-refractivity contribution is 0.103. The Balaban J connectivity index is 1.94. The minimum atomic E-state index is -0.266. The van der Waals surface area contributed by atoms with Gasteiger partial charge in [0.15, 0.2) is 4.47 Å². The number of hydrogen-bond acceptors (Lipinski definition) is 4. The number of nitrogens with one attached hydrogen (secondary N) is 1. The van der Waals surface area contributed by atoms with Gasteiger partial charge in [0, 0.05) is 5.56 Å². The number of nitrogens with zero attached hydrogens (tertiary/aromatic N) is 1. The summed E-state index contributed by atoms with van der Waals surface area (Å²) in [6.07, 6.45) is 0. The van der Waals surface area contributed by atoms with Crippen molar-refractivity contribution in [2.75, 3.05) is 12.4 Å². The summed E-state index contributed by atoms with van der Waals surface area (Å²) in [7, 11) is 1.56. The van der Waals surface area contributed by atoms with E-state index in [9.17, 15) is 4.79 Å². The topological polar surface area (TPSA) is 51.2 Å². The lowest BCUT2D eigenvalue weighted by Crippen LogP contribution is -2.12. The largest absolute Gasteiger partial charge is 0.495 e. The highest BCUT2D eigenvalue weighted by atomic mass is 35.5. The van der Waals surface area contributed by atoms with Crippen molar-refractivity contribution in [1.82, 2.24) is 4.98 Å². The number of para-hydroxylation sites is 2. The van der Waals surface area contributed by atoms with Gasteiger partial charge in [0.2, 0.25) is 0 Å². The number of halogens is 1. The van der Waals surface area contributed by atoms with Crippen LogP contribution in [0.2, 0.25) is 4.47 Å². The summed E-state index contributed by atoms with van der Waals surface area (Å²) < 4.78 is 5.58. The average molecular weight is 345 g/mol. The van der Waals surface area contributed by atoms with Gasteiger partial charge in [-0.3, -0.25) is 4.79 Å². The van der Waals surface area contributed by atoms with Gasteiger partial charge in [0.25, 0.3) is 5.91 Å². The molecule has 0 radical (unpaired) electrons. The maximum atomic E-state index is 12.6. The van der Waals surface area contributed by atoms with Crippen molar-refractivity contribution in [1.29, 1.82) is 0 Å². The number of rotatable bonds is 4. The summed E-state index contributed by atoms with van der Waals surface area (Å²) in [5, 5.41) is 2.85. The molecule has 0 aliphatic rings. The first-order chi connectivity index (χ1) is 11.2. The van der Waals surface area contributed by atoms with E-state index >= 15 is 0 Å². The molecule has 0 fully saturated rings. The maximum Gasteiger partial charge on any atom is 0.268 e. The average Bonchev–Trinajstić information content (AvgIpc) is 2.98. The molecule has 3 rings (SSSR count). The molecule has 0 saturated heterocycles. The molecule has 3 aromatic rings. The molecular formula is C17H13ClN2O2S. The summed E-state index contributed by atoms with van der Waals surface area (Å²) in [6.45, 7) is 0. The van der Waals surface area contributed by atoms with Crippen molar-refractivity contribution in [2.45, 2.75) is 0 Å². The molecule has 0 aliphatic heterocycles. The van der Waals surface area contributed by atoms with Crippen LogP contribution in [0.15, 0.2) is 54.6 Å². The van der Waals surface area contributed by atoms with Gasteiger partial charge >= 0.3 is 0 Å². The lowest BCUT2D eigenvalue weighted by atomic mass is 10.1. The zero-order chi connectivity index (χ0) is 16.2. The molecule has 116 valence electrons. The fourth-order valence-electron chi connectivity index (χ4n) is 2.17. The van der Waals surface area contributed by atoms with Gasteiger partial charge in [-0.1, -0.05) is 65.4 Å². The van der Waals surface area contributed by atoms with Gasteiger partial charge in [0.05, 0.1) is 18.5 Å². The molecular weight excluding hydrogens is 332 g/mol. The van der Waals surface area contributed by atoms with Gasteiger partial charge in [-0.25, -0.2) is 4.98 Å². The Morgan fingerprint density at radius 3 is 2.57 bits per heavy atom. The Kier molecular flexibility index (Phi) is 4.60. The van der Waals surface area contributed by atoms with E-state index in [0.29, 0.717) is 26.5 Å². The van der Waals surface area contributed by atoms with E-state index in [1.165, 1.54) is 0 Å². The Labute approximate surface area is 142 Å². The third kappa shape index (κ3) is 3.36. The minimum Gasteiger partial charge on any atom is -0.495 e. The number of benzene rings is 2. The Morgan fingerprint density at radius 2 is 1.83 bits per heavy atom. The second-order valence-corrected chi connectivity index (χ2v) is 6.25. The summed E-state index contributed by atoms with van der Waals surface area (Å²) >= 11 is 7.18. The maximum absolute atomic E-state index is 12.6. The fourth-order valence-corrected chi connectivity index (χ4v) is 3.19. The van der Waals surface area contributed by atoms with E-state index in [0.717, 1.165) is 16.9 Å². The Morgan fingerprint density at radius 1 is 1.13 bits per heavy atom. The van der Waals surface area contributed by atoms with Crippen LogP contribution in [0, 0.1) is 0 Å². The third-order valence-corrected chi connectivity index (χ3v) is 4.37. The van der Waals surface area contributed by atoms with E-state index in [1.807, 2.05) is 42.5 Å². The zero-order valence-electron chi connectivity index (χ0n) is 12.2. The number of thiazole rings is 1. The van der Waals surface area contributed by atoms with Crippen molar-refractivity contribution < 1.29 is 9.53 Å². The van der Waals surface area contributed by atoms with E-state index in [1.54, 1.807) is 19.2 Å². The van der Waals surface area contributed by atoms with Crippen LogP contribution >= 0.6 is 22.9 Å². The molecule has 0 saturated carbocycles. The van der Waals surface area contributed by atoms with Crippen LogP contribution in [-0.4, -0.2) is 18.0 Å². The van der Waals surface area contributed by atoms with E-state index in [-0.39, 0.29) is 5.91 Å². The molecule has 1 aromatic heterocycles. The number of carbonyl (C=O) groups excluding carboxylic acids is 1. The van der Waals surface area contributed by atoms with Crippen LogP contribution in [0.1, 0.15) is 9.67 Å². The van der Waals surface area contributed by atoms with Crippen LogP contribution in [0.5, 0.6) is 5.75 Å². The molecule has 1 heterocycles. The summed E-state index contributed by atoms with van der Waals surface area (Å²) in [5.41, 5.74) is 2.03. The number of methoxy groups -OCH3 is 1. The van der Waals surface area contributed by atoms with Crippen molar-refractivity contribution >= 4 is 34.5 Å². The number of ether oxygens (including phenoxy) is 1. The third-order valence-electron chi connectivity index (χ3n) is 3.21. The minimum absolute atomic E-state index is 0.266. The summed E-state index contributed by atoms with van der Waals surface area (Å²) in [4.78, 5) is 17.4. The summed E-state index contributed by atoms with van der Waals surface area (Å²) in [5.74, 6) is 0.329. The Hall–Kier alpha value is -2.37. The van der Waals surface area contributed by atoms with Crippen molar-refractivity contribution in [2.24, 2.45) is 0 Å². The molecule has 1 N–H and O–H groups in total. The van der Waals surface area contributed by atoms with Gasteiger partial charge in [-0.05, 0) is 12.1 Å². The first-order valence-corrected chi connectivity index (χ1v) is 8.04. The van der Waals surface area contributed by atoms with Gasteiger partial charge < -0.3 is 10.1 Å². The van der Waals surface area contributed by atoms with Crippen LogP contribution in [0.25, 0.3) is 11.3 Å². The van der Waals surface area contributed by atoms with Crippen LogP contribution < -0.4 is 10.1 Å². The molecule has 0 bridgehead atoms. The standard InChI is InChI=1S/C17H13ClN2O2S/c1-22-13-10-6-5-9-12(13)19-16(21)15-14(20-17(18)23-15)11-7-3-2-4-8-11/h2-10H,1H3,(H,19,21). The van der Waals surface area contributed by atoms with Gasteiger partial charge in [-0.2, -0.15) is 0 Å². The molecule has 0 spiro atoms. The molecule has 0 atom stereocenters. The molecule has 23 heavy (non-hydrogen) atoms. The van der Waals surface area contributed by atoms with E-state index < -0.39 is 0 Å². The monoisotopic (exact) mass is 344 g/mol. The van der Waals surface area contributed by atoms with Crippen LogP contribution in [0.3, 0.4) is 0 Å². The molecule has 4 nitrogen and oxygen atoms in total. The predicted octanol–water partition coefficient (Wildman–Crippen LogP) is 4.72. The highest BCUT2D eigenvalue weighted by Crippen LogP contribution is 2.32. The normalized spacial score (nSPS) is 10.3. The molecule has 2 aromatic carbocycles. The second-order valence-electron chi connectivity index (χ2n) is 4.66. The number of hydrogen-bond donors (Lipinski definition) is 1.